The first-order valence-electron chi connectivity index (χ1n) is 5.86. The second kappa shape index (κ2) is 6.28. The van der Waals surface area contributed by atoms with Gasteiger partial charge < -0.3 is 15.8 Å². The second-order valence-electron chi connectivity index (χ2n) is 4.57. The van der Waals surface area contributed by atoms with Crippen LogP contribution in [0.25, 0.3) is 0 Å². The topological polar surface area (TPSA) is 67.6 Å². The Morgan fingerprint density at radius 1 is 1.53 bits per heavy atom. The summed E-state index contributed by atoms with van der Waals surface area (Å²) in [5, 5.41) is 2.89. The highest BCUT2D eigenvalue weighted by Crippen LogP contribution is 2.12. The number of nitrogens with zero attached hydrogens (tertiary/aromatic N) is 1. The molecule has 0 saturated carbocycles. The molecular formula is C11H21N3O2S. The van der Waals surface area contributed by atoms with Crippen LogP contribution in [0.5, 0.6) is 0 Å². The van der Waals surface area contributed by atoms with E-state index in [0.717, 1.165) is 0 Å². The van der Waals surface area contributed by atoms with E-state index in [9.17, 15) is 4.79 Å². The first kappa shape index (κ1) is 14.3. The standard InChI is InChI=1S/C11H21N3O2S/c1-7(2)13-11(15)9-6-16-5-4-14(9)8(3)10(12)17/h7-9H,4-6H2,1-3H3,(H2,12,17)(H,13,15). The van der Waals surface area contributed by atoms with Crippen LogP contribution < -0.4 is 11.1 Å². The molecule has 6 heteroatoms. The molecule has 0 bridgehead atoms. The fraction of sp³-hybridized carbons (Fsp3) is 0.818. The molecule has 0 spiro atoms. The second-order valence-corrected chi connectivity index (χ2v) is 5.04. The van der Waals surface area contributed by atoms with E-state index in [1.54, 1.807) is 0 Å². The highest BCUT2D eigenvalue weighted by molar-refractivity contribution is 7.80. The van der Waals surface area contributed by atoms with Crippen molar-refractivity contribution in [3.63, 3.8) is 0 Å². The molecule has 1 heterocycles. The van der Waals surface area contributed by atoms with E-state index in [2.05, 4.69) is 5.32 Å². The van der Waals surface area contributed by atoms with Crippen molar-refractivity contribution >= 4 is 23.1 Å². The van der Waals surface area contributed by atoms with Gasteiger partial charge in [-0.15, -0.1) is 0 Å². The summed E-state index contributed by atoms with van der Waals surface area (Å²) in [6, 6.07) is -0.272. The number of rotatable bonds is 4. The molecule has 1 amide bonds. The predicted molar refractivity (Wildman–Crippen MR) is 70.8 cm³/mol. The number of carbonyl (C=O) groups excluding carboxylic acids is 1. The van der Waals surface area contributed by atoms with Crippen molar-refractivity contribution in [3.8, 4) is 0 Å². The van der Waals surface area contributed by atoms with Crippen LogP contribution in [0.4, 0.5) is 0 Å². The van der Waals surface area contributed by atoms with Gasteiger partial charge in [0.15, 0.2) is 0 Å². The van der Waals surface area contributed by atoms with E-state index in [-0.39, 0.29) is 24.0 Å². The Morgan fingerprint density at radius 2 is 2.18 bits per heavy atom. The SMILES string of the molecule is CC(C)NC(=O)C1COCCN1C(C)C(N)=S. The smallest absolute Gasteiger partial charge is 0.239 e. The van der Waals surface area contributed by atoms with Gasteiger partial charge >= 0.3 is 0 Å². The molecule has 0 aromatic heterocycles. The maximum atomic E-state index is 12.0. The van der Waals surface area contributed by atoms with Crippen LogP contribution in [0.2, 0.25) is 0 Å². The van der Waals surface area contributed by atoms with Crippen LogP contribution in [0, 0.1) is 0 Å². The van der Waals surface area contributed by atoms with E-state index in [1.165, 1.54) is 0 Å². The van der Waals surface area contributed by atoms with Crippen LogP contribution >= 0.6 is 12.2 Å². The van der Waals surface area contributed by atoms with Crippen LogP contribution in [0.15, 0.2) is 0 Å². The summed E-state index contributed by atoms with van der Waals surface area (Å²) in [6.07, 6.45) is 0. The van der Waals surface area contributed by atoms with E-state index in [4.69, 9.17) is 22.7 Å². The van der Waals surface area contributed by atoms with E-state index >= 15 is 0 Å². The van der Waals surface area contributed by atoms with Gasteiger partial charge in [0.05, 0.1) is 24.2 Å². The summed E-state index contributed by atoms with van der Waals surface area (Å²) in [5.74, 6) is -0.0252. The van der Waals surface area contributed by atoms with Crippen molar-refractivity contribution in [1.82, 2.24) is 10.2 Å². The highest BCUT2D eigenvalue weighted by Gasteiger charge is 2.33. The summed E-state index contributed by atoms with van der Waals surface area (Å²) in [5.41, 5.74) is 5.65. The molecule has 1 aliphatic heterocycles. The Morgan fingerprint density at radius 3 is 2.71 bits per heavy atom. The zero-order valence-corrected chi connectivity index (χ0v) is 11.4. The maximum Gasteiger partial charge on any atom is 0.239 e. The van der Waals surface area contributed by atoms with Crippen molar-refractivity contribution in [2.75, 3.05) is 19.8 Å². The van der Waals surface area contributed by atoms with Gasteiger partial charge in [0.25, 0.3) is 0 Å². The molecule has 1 rings (SSSR count). The third-order valence-electron chi connectivity index (χ3n) is 2.81. The van der Waals surface area contributed by atoms with E-state index < -0.39 is 0 Å². The van der Waals surface area contributed by atoms with Gasteiger partial charge in [-0.1, -0.05) is 12.2 Å². The average Bonchev–Trinajstić information content (AvgIpc) is 2.27. The molecule has 0 aromatic rings. The first-order chi connectivity index (χ1) is 7.93. The molecule has 1 aliphatic rings. The number of nitrogens with one attached hydrogen (secondary N) is 1. The zero-order chi connectivity index (χ0) is 13.0. The summed E-state index contributed by atoms with van der Waals surface area (Å²) in [7, 11) is 0. The molecule has 0 aliphatic carbocycles. The minimum Gasteiger partial charge on any atom is -0.392 e. The van der Waals surface area contributed by atoms with E-state index in [1.807, 2.05) is 25.7 Å². The number of amides is 1. The third kappa shape index (κ3) is 3.90. The van der Waals surface area contributed by atoms with Crippen LogP contribution in [-0.4, -0.2) is 53.7 Å². The van der Waals surface area contributed by atoms with Crippen LogP contribution in [0.1, 0.15) is 20.8 Å². The molecule has 2 atom stereocenters. The lowest BCUT2D eigenvalue weighted by Gasteiger charge is -2.38. The Hall–Kier alpha value is -0.720. The number of hydrogen-bond acceptors (Lipinski definition) is 4. The summed E-state index contributed by atoms with van der Waals surface area (Å²) in [6.45, 7) is 7.47. The molecular weight excluding hydrogens is 238 g/mol. The Balaban J connectivity index is 2.71. The quantitative estimate of drug-likeness (QED) is 0.689. The molecule has 1 fully saturated rings. The Kier molecular flexibility index (Phi) is 5.30. The number of hydrogen-bond donors (Lipinski definition) is 2. The minimum atomic E-state index is -0.303. The molecule has 3 N–H and O–H groups in total. The fourth-order valence-electron chi connectivity index (χ4n) is 1.85. The lowest BCUT2D eigenvalue weighted by Crippen LogP contribution is -2.59. The van der Waals surface area contributed by atoms with Gasteiger partial charge in [-0.05, 0) is 20.8 Å². The average molecular weight is 259 g/mol. The van der Waals surface area contributed by atoms with Gasteiger partial charge in [-0.2, -0.15) is 0 Å². The van der Waals surface area contributed by atoms with Crippen LogP contribution in [0.3, 0.4) is 0 Å². The molecule has 17 heavy (non-hydrogen) atoms. The molecule has 2 unspecified atom stereocenters. The van der Waals surface area contributed by atoms with Gasteiger partial charge in [0, 0.05) is 12.6 Å². The Bertz CT molecular complexity index is 296. The summed E-state index contributed by atoms with van der Waals surface area (Å²) >= 11 is 4.99. The van der Waals surface area contributed by atoms with Crippen LogP contribution in [-0.2, 0) is 9.53 Å². The summed E-state index contributed by atoms with van der Waals surface area (Å²) in [4.78, 5) is 14.4. The van der Waals surface area contributed by atoms with E-state index in [0.29, 0.717) is 24.7 Å². The monoisotopic (exact) mass is 259 g/mol. The van der Waals surface area contributed by atoms with Crippen molar-refractivity contribution in [2.24, 2.45) is 5.73 Å². The zero-order valence-electron chi connectivity index (χ0n) is 10.6. The lowest BCUT2D eigenvalue weighted by molar-refractivity contribution is -0.133. The predicted octanol–water partition coefficient (Wildman–Crippen LogP) is -0.114. The summed E-state index contributed by atoms with van der Waals surface area (Å²) < 4.78 is 5.36. The van der Waals surface area contributed by atoms with Gasteiger partial charge in [-0.25, -0.2) is 0 Å². The molecule has 1 saturated heterocycles. The molecule has 0 radical (unpaired) electrons. The van der Waals surface area contributed by atoms with Crippen molar-refractivity contribution in [1.29, 1.82) is 0 Å². The van der Waals surface area contributed by atoms with Crippen molar-refractivity contribution in [2.45, 2.75) is 38.9 Å². The van der Waals surface area contributed by atoms with Gasteiger partial charge in [0.2, 0.25) is 5.91 Å². The number of morpholine rings is 1. The van der Waals surface area contributed by atoms with Gasteiger partial charge in [-0.3, -0.25) is 9.69 Å². The number of ether oxygens (including phenoxy) is 1. The molecule has 98 valence electrons. The lowest BCUT2D eigenvalue weighted by atomic mass is 10.1. The van der Waals surface area contributed by atoms with Crippen molar-refractivity contribution < 1.29 is 9.53 Å². The number of nitrogens with two attached hydrogens (primary N) is 1. The largest absolute Gasteiger partial charge is 0.392 e. The highest BCUT2D eigenvalue weighted by atomic mass is 32.1. The molecule has 5 nitrogen and oxygen atoms in total. The number of thiocarbonyl (C=S) groups is 1. The number of carbonyl (C=O) groups is 1. The maximum absolute atomic E-state index is 12.0. The first-order valence-corrected chi connectivity index (χ1v) is 6.27. The normalized spacial score (nSPS) is 23.4. The van der Waals surface area contributed by atoms with Crippen molar-refractivity contribution in [3.05, 3.63) is 0 Å². The van der Waals surface area contributed by atoms with Gasteiger partial charge in [0.1, 0.15) is 6.04 Å². The fourth-order valence-corrected chi connectivity index (χ4v) is 1.99. The Labute approximate surface area is 108 Å². The molecule has 0 aromatic carbocycles. The third-order valence-corrected chi connectivity index (χ3v) is 3.15. The minimum absolute atomic E-state index is 0.0252.